The van der Waals surface area contributed by atoms with E-state index in [-0.39, 0.29) is 0 Å². The number of anilines is 2. The first-order chi connectivity index (χ1) is 6.75. The van der Waals surface area contributed by atoms with Gasteiger partial charge in [0.25, 0.3) is 0 Å². The second kappa shape index (κ2) is 4.17. The van der Waals surface area contributed by atoms with Gasteiger partial charge < -0.3 is 10.6 Å². The minimum Gasteiger partial charge on any atom is -0.389 e. The number of aromatic nitrogens is 1. The van der Waals surface area contributed by atoms with Gasteiger partial charge in [-0.15, -0.1) is 0 Å². The van der Waals surface area contributed by atoms with Crippen LogP contribution < -0.4 is 10.6 Å². The molecular weight excluding hydrogens is 194 g/mol. The van der Waals surface area contributed by atoms with E-state index in [0.29, 0.717) is 0 Å². The lowest BCUT2D eigenvalue weighted by molar-refractivity contribution is 0.546. The fourth-order valence-corrected chi connectivity index (χ4v) is 2.76. The SMILES string of the molecule is CN(CC1CCCC1)c1ncc(N)s1. The van der Waals surface area contributed by atoms with Crippen LogP contribution in [0.2, 0.25) is 0 Å². The molecule has 2 N–H and O–H groups in total. The molecule has 2 rings (SSSR count). The monoisotopic (exact) mass is 211 g/mol. The Morgan fingerprint density at radius 3 is 2.86 bits per heavy atom. The number of nitrogens with zero attached hydrogens (tertiary/aromatic N) is 2. The van der Waals surface area contributed by atoms with Gasteiger partial charge in [0.15, 0.2) is 5.13 Å². The number of nitrogens with two attached hydrogens (primary N) is 1. The lowest BCUT2D eigenvalue weighted by Gasteiger charge is -2.19. The maximum atomic E-state index is 5.65. The van der Waals surface area contributed by atoms with Crippen molar-refractivity contribution in [3.05, 3.63) is 6.20 Å². The predicted octanol–water partition coefficient (Wildman–Crippen LogP) is 2.35. The molecule has 78 valence electrons. The molecule has 0 aliphatic heterocycles. The zero-order valence-electron chi connectivity index (χ0n) is 8.57. The molecule has 1 aliphatic carbocycles. The summed E-state index contributed by atoms with van der Waals surface area (Å²) < 4.78 is 0. The molecule has 0 saturated heterocycles. The summed E-state index contributed by atoms with van der Waals surface area (Å²) in [4.78, 5) is 6.51. The smallest absolute Gasteiger partial charge is 0.186 e. The van der Waals surface area contributed by atoms with Crippen LogP contribution in [0.4, 0.5) is 10.1 Å². The van der Waals surface area contributed by atoms with Gasteiger partial charge in [0.1, 0.15) is 5.00 Å². The first-order valence-electron chi connectivity index (χ1n) is 5.18. The average Bonchev–Trinajstić information content (AvgIpc) is 2.75. The summed E-state index contributed by atoms with van der Waals surface area (Å²) in [5, 5.41) is 1.85. The Bertz CT molecular complexity index is 291. The largest absolute Gasteiger partial charge is 0.389 e. The van der Waals surface area contributed by atoms with Crippen molar-refractivity contribution in [3.63, 3.8) is 0 Å². The third kappa shape index (κ3) is 2.18. The fourth-order valence-electron chi connectivity index (χ4n) is 2.11. The minimum atomic E-state index is 0.804. The molecule has 1 fully saturated rings. The molecule has 1 saturated carbocycles. The van der Waals surface area contributed by atoms with Gasteiger partial charge in [-0.3, -0.25) is 0 Å². The van der Waals surface area contributed by atoms with Crippen LogP contribution in [-0.4, -0.2) is 18.6 Å². The summed E-state index contributed by atoms with van der Waals surface area (Å²) in [6.07, 6.45) is 7.30. The van der Waals surface area contributed by atoms with Crippen molar-refractivity contribution in [2.24, 2.45) is 5.92 Å². The van der Waals surface area contributed by atoms with E-state index < -0.39 is 0 Å². The Hall–Kier alpha value is -0.770. The van der Waals surface area contributed by atoms with Crippen molar-refractivity contribution in [3.8, 4) is 0 Å². The normalized spacial score (nSPS) is 17.5. The minimum absolute atomic E-state index is 0.804. The van der Waals surface area contributed by atoms with Crippen molar-refractivity contribution < 1.29 is 0 Å². The van der Waals surface area contributed by atoms with Gasteiger partial charge in [-0.2, -0.15) is 0 Å². The molecule has 1 aliphatic rings. The van der Waals surface area contributed by atoms with E-state index in [1.165, 1.54) is 25.7 Å². The quantitative estimate of drug-likeness (QED) is 0.834. The molecule has 4 heteroatoms. The molecule has 0 unspecified atom stereocenters. The van der Waals surface area contributed by atoms with Crippen LogP contribution in [0.15, 0.2) is 6.20 Å². The molecule has 0 spiro atoms. The summed E-state index contributed by atoms with van der Waals surface area (Å²) >= 11 is 1.57. The summed E-state index contributed by atoms with van der Waals surface area (Å²) in [5.74, 6) is 0.866. The highest BCUT2D eigenvalue weighted by Crippen LogP contribution is 2.28. The van der Waals surface area contributed by atoms with Crippen LogP contribution in [0.5, 0.6) is 0 Å². The van der Waals surface area contributed by atoms with Crippen molar-refractivity contribution in [1.29, 1.82) is 0 Å². The van der Waals surface area contributed by atoms with Crippen molar-refractivity contribution >= 4 is 21.5 Å². The number of hydrogen-bond donors (Lipinski definition) is 1. The van der Waals surface area contributed by atoms with Gasteiger partial charge in [0.2, 0.25) is 0 Å². The number of rotatable bonds is 3. The van der Waals surface area contributed by atoms with Gasteiger partial charge in [-0.1, -0.05) is 24.2 Å². The highest BCUT2D eigenvalue weighted by molar-refractivity contribution is 7.19. The number of hydrogen-bond acceptors (Lipinski definition) is 4. The lowest BCUT2D eigenvalue weighted by atomic mass is 10.1. The Kier molecular flexibility index (Phi) is 2.91. The van der Waals surface area contributed by atoms with Crippen LogP contribution in [0.25, 0.3) is 0 Å². The molecule has 0 bridgehead atoms. The molecule has 1 aromatic heterocycles. The summed E-state index contributed by atoms with van der Waals surface area (Å²) in [5.41, 5.74) is 5.65. The zero-order valence-corrected chi connectivity index (χ0v) is 9.39. The summed E-state index contributed by atoms with van der Waals surface area (Å²) in [6, 6.07) is 0. The maximum absolute atomic E-state index is 5.65. The van der Waals surface area contributed by atoms with E-state index >= 15 is 0 Å². The summed E-state index contributed by atoms with van der Waals surface area (Å²) in [7, 11) is 2.11. The van der Waals surface area contributed by atoms with E-state index in [1.54, 1.807) is 17.5 Å². The molecule has 1 aromatic rings. The molecule has 0 radical (unpaired) electrons. The van der Waals surface area contributed by atoms with Crippen molar-refractivity contribution in [1.82, 2.24) is 4.98 Å². The Morgan fingerprint density at radius 1 is 1.57 bits per heavy atom. The van der Waals surface area contributed by atoms with Crippen LogP contribution in [0.1, 0.15) is 25.7 Å². The zero-order chi connectivity index (χ0) is 9.97. The fraction of sp³-hybridized carbons (Fsp3) is 0.700. The highest BCUT2D eigenvalue weighted by atomic mass is 32.1. The van der Waals surface area contributed by atoms with E-state index in [9.17, 15) is 0 Å². The Balaban J connectivity index is 1.91. The van der Waals surface area contributed by atoms with E-state index in [4.69, 9.17) is 5.73 Å². The van der Waals surface area contributed by atoms with Gasteiger partial charge in [-0.05, 0) is 18.8 Å². The summed E-state index contributed by atoms with van der Waals surface area (Å²) in [6.45, 7) is 1.13. The Labute approximate surface area is 88.9 Å². The third-order valence-electron chi connectivity index (χ3n) is 2.84. The first kappa shape index (κ1) is 9.77. The lowest BCUT2D eigenvalue weighted by Crippen LogP contribution is -2.23. The van der Waals surface area contributed by atoms with Crippen LogP contribution in [0, 0.1) is 5.92 Å². The number of nitrogen functional groups attached to an aromatic ring is 1. The molecule has 0 aromatic carbocycles. The Morgan fingerprint density at radius 2 is 2.29 bits per heavy atom. The topological polar surface area (TPSA) is 42.2 Å². The van der Waals surface area contributed by atoms with Gasteiger partial charge in [-0.25, -0.2) is 4.98 Å². The molecule has 0 amide bonds. The second-order valence-electron chi connectivity index (χ2n) is 4.08. The van der Waals surface area contributed by atoms with Gasteiger partial charge in [0, 0.05) is 13.6 Å². The average molecular weight is 211 g/mol. The van der Waals surface area contributed by atoms with Gasteiger partial charge in [0.05, 0.1) is 6.20 Å². The predicted molar refractivity (Wildman–Crippen MR) is 61.8 cm³/mol. The van der Waals surface area contributed by atoms with Crippen LogP contribution in [-0.2, 0) is 0 Å². The molecule has 1 heterocycles. The second-order valence-corrected chi connectivity index (χ2v) is 5.12. The molecular formula is C10H17N3S. The van der Waals surface area contributed by atoms with Crippen LogP contribution >= 0.6 is 11.3 Å². The molecule has 3 nitrogen and oxygen atoms in total. The van der Waals surface area contributed by atoms with Crippen molar-refractivity contribution in [2.45, 2.75) is 25.7 Å². The van der Waals surface area contributed by atoms with E-state index in [2.05, 4.69) is 16.9 Å². The number of thiazole rings is 1. The highest BCUT2D eigenvalue weighted by Gasteiger charge is 2.17. The van der Waals surface area contributed by atoms with Gasteiger partial charge >= 0.3 is 0 Å². The third-order valence-corrected chi connectivity index (χ3v) is 3.79. The maximum Gasteiger partial charge on any atom is 0.186 e. The standard InChI is InChI=1S/C10H17N3S/c1-13(7-8-4-2-3-5-8)10-12-6-9(11)14-10/h6,8H,2-5,7,11H2,1H3. The van der Waals surface area contributed by atoms with E-state index in [1.807, 2.05) is 0 Å². The first-order valence-corrected chi connectivity index (χ1v) is 6.00. The molecule has 0 atom stereocenters. The van der Waals surface area contributed by atoms with Crippen molar-refractivity contribution in [2.75, 3.05) is 24.2 Å². The molecule has 14 heavy (non-hydrogen) atoms. The van der Waals surface area contributed by atoms with E-state index in [0.717, 1.165) is 22.6 Å². The van der Waals surface area contributed by atoms with Crippen LogP contribution in [0.3, 0.4) is 0 Å².